The second-order valence-electron chi connectivity index (χ2n) is 3.22. The minimum absolute atomic E-state index is 0.338. The highest BCUT2D eigenvalue weighted by atomic mass is 35.5. The SMILES string of the molecule is Fc1cc(C2CCNC2)c(Cl)cn1. The van der Waals surface area contributed by atoms with E-state index < -0.39 is 5.95 Å². The van der Waals surface area contributed by atoms with Crippen molar-refractivity contribution in [3.8, 4) is 0 Å². The van der Waals surface area contributed by atoms with Crippen molar-refractivity contribution in [1.82, 2.24) is 10.3 Å². The zero-order chi connectivity index (χ0) is 9.26. The van der Waals surface area contributed by atoms with Gasteiger partial charge in [-0.05, 0) is 30.5 Å². The first-order valence-electron chi connectivity index (χ1n) is 4.29. The lowest BCUT2D eigenvalue weighted by molar-refractivity contribution is 0.578. The molecular formula is C9H10ClFN2. The van der Waals surface area contributed by atoms with Crippen LogP contribution in [0.4, 0.5) is 4.39 Å². The van der Waals surface area contributed by atoms with Crippen molar-refractivity contribution in [3.63, 3.8) is 0 Å². The fourth-order valence-corrected chi connectivity index (χ4v) is 1.92. The Hall–Kier alpha value is -0.670. The summed E-state index contributed by atoms with van der Waals surface area (Å²) in [6, 6.07) is 1.43. The zero-order valence-electron chi connectivity index (χ0n) is 7.06. The largest absolute Gasteiger partial charge is 0.316 e. The second kappa shape index (κ2) is 3.60. The van der Waals surface area contributed by atoms with Crippen molar-refractivity contribution in [3.05, 3.63) is 28.8 Å². The summed E-state index contributed by atoms with van der Waals surface area (Å²) >= 11 is 5.92. The minimum Gasteiger partial charge on any atom is -0.316 e. The van der Waals surface area contributed by atoms with E-state index in [0.29, 0.717) is 10.9 Å². The number of rotatable bonds is 1. The maximum atomic E-state index is 12.8. The maximum Gasteiger partial charge on any atom is 0.213 e. The van der Waals surface area contributed by atoms with Gasteiger partial charge in [-0.25, -0.2) is 4.98 Å². The molecule has 1 aliphatic rings. The normalized spacial score (nSPS) is 22.2. The third-order valence-corrected chi connectivity index (χ3v) is 2.67. The lowest BCUT2D eigenvalue weighted by atomic mass is 10.00. The van der Waals surface area contributed by atoms with E-state index in [9.17, 15) is 4.39 Å². The number of aromatic nitrogens is 1. The molecule has 13 heavy (non-hydrogen) atoms. The van der Waals surface area contributed by atoms with Crippen molar-refractivity contribution >= 4 is 11.6 Å². The van der Waals surface area contributed by atoms with Gasteiger partial charge < -0.3 is 5.32 Å². The van der Waals surface area contributed by atoms with Crippen LogP contribution in [0.1, 0.15) is 17.9 Å². The summed E-state index contributed by atoms with van der Waals surface area (Å²) in [7, 11) is 0. The van der Waals surface area contributed by atoms with Gasteiger partial charge in [0.05, 0.1) is 5.02 Å². The molecule has 1 atom stereocenters. The Labute approximate surface area is 81.1 Å². The second-order valence-corrected chi connectivity index (χ2v) is 3.63. The van der Waals surface area contributed by atoms with E-state index in [1.54, 1.807) is 0 Å². The van der Waals surface area contributed by atoms with Crippen LogP contribution >= 0.6 is 11.6 Å². The fourth-order valence-electron chi connectivity index (χ4n) is 1.66. The fraction of sp³-hybridized carbons (Fsp3) is 0.444. The molecule has 0 saturated carbocycles. The molecule has 70 valence electrons. The summed E-state index contributed by atoms with van der Waals surface area (Å²) in [5, 5.41) is 3.78. The summed E-state index contributed by atoms with van der Waals surface area (Å²) in [5.41, 5.74) is 0.874. The molecule has 1 aliphatic heterocycles. The molecule has 0 bridgehead atoms. The maximum absolute atomic E-state index is 12.8. The molecule has 1 fully saturated rings. The lowest BCUT2D eigenvalue weighted by Crippen LogP contribution is -2.08. The van der Waals surface area contributed by atoms with Crippen molar-refractivity contribution in [2.45, 2.75) is 12.3 Å². The smallest absolute Gasteiger partial charge is 0.213 e. The number of nitrogens with zero attached hydrogens (tertiary/aromatic N) is 1. The van der Waals surface area contributed by atoms with Crippen LogP contribution in [-0.4, -0.2) is 18.1 Å². The van der Waals surface area contributed by atoms with E-state index in [4.69, 9.17) is 11.6 Å². The first-order valence-corrected chi connectivity index (χ1v) is 4.67. The highest BCUT2D eigenvalue weighted by molar-refractivity contribution is 6.31. The third-order valence-electron chi connectivity index (χ3n) is 2.35. The van der Waals surface area contributed by atoms with Gasteiger partial charge in [0.15, 0.2) is 0 Å². The summed E-state index contributed by atoms with van der Waals surface area (Å²) in [4.78, 5) is 3.49. The van der Waals surface area contributed by atoms with Crippen molar-refractivity contribution in [2.24, 2.45) is 0 Å². The predicted molar refractivity (Wildman–Crippen MR) is 49.4 cm³/mol. The average Bonchev–Trinajstić information content (AvgIpc) is 2.61. The van der Waals surface area contributed by atoms with Crippen molar-refractivity contribution in [2.75, 3.05) is 13.1 Å². The molecule has 1 saturated heterocycles. The number of nitrogens with one attached hydrogen (secondary N) is 1. The van der Waals surface area contributed by atoms with Crippen molar-refractivity contribution in [1.29, 1.82) is 0 Å². The molecule has 2 nitrogen and oxygen atoms in total. The molecule has 4 heteroatoms. The molecule has 0 aromatic carbocycles. The van der Waals surface area contributed by atoms with Crippen LogP contribution in [0, 0.1) is 5.95 Å². The van der Waals surface area contributed by atoms with Crippen LogP contribution in [0.2, 0.25) is 5.02 Å². The summed E-state index contributed by atoms with van der Waals surface area (Å²) in [6.07, 6.45) is 2.40. The van der Waals surface area contributed by atoms with Gasteiger partial charge >= 0.3 is 0 Å². The Balaban J connectivity index is 2.32. The third kappa shape index (κ3) is 1.81. The molecule has 1 aromatic rings. The highest BCUT2D eigenvalue weighted by Gasteiger charge is 2.19. The first kappa shape index (κ1) is 8.91. The Morgan fingerprint density at radius 3 is 3.15 bits per heavy atom. The molecule has 0 spiro atoms. The Bertz CT molecular complexity index is 310. The highest BCUT2D eigenvalue weighted by Crippen LogP contribution is 2.28. The Morgan fingerprint density at radius 1 is 1.62 bits per heavy atom. The molecule has 0 amide bonds. The molecule has 1 N–H and O–H groups in total. The molecule has 0 radical (unpaired) electrons. The zero-order valence-corrected chi connectivity index (χ0v) is 7.81. The van der Waals surface area contributed by atoms with Gasteiger partial charge in [0.25, 0.3) is 0 Å². The Morgan fingerprint density at radius 2 is 2.46 bits per heavy atom. The minimum atomic E-state index is -0.452. The van der Waals surface area contributed by atoms with Crippen LogP contribution in [0.25, 0.3) is 0 Å². The Kier molecular flexibility index (Phi) is 2.47. The first-order chi connectivity index (χ1) is 6.27. The summed E-state index contributed by atoms with van der Waals surface area (Å²) in [6.45, 7) is 1.86. The van der Waals surface area contributed by atoms with Crippen LogP contribution in [0.3, 0.4) is 0 Å². The summed E-state index contributed by atoms with van der Waals surface area (Å²) < 4.78 is 12.8. The number of halogens is 2. The van der Waals surface area contributed by atoms with E-state index >= 15 is 0 Å². The van der Waals surface area contributed by atoms with Gasteiger partial charge in [0, 0.05) is 12.7 Å². The van der Waals surface area contributed by atoms with Gasteiger partial charge in [-0.1, -0.05) is 11.6 Å². The lowest BCUT2D eigenvalue weighted by Gasteiger charge is -2.09. The summed E-state index contributed by atoms with van der Waals surface area (Å²) in [5.74, 6) is -0.115. The molecule has 2 heterocycles. The number of pyridine rings is 1. The van der Waals surface area contributed by atoms with Crippen molar-refractivity contribution < 1.29 is 4.39 Å². The monoisotopic (exact) mass is 200 g/mol. The standard InChI is InChI=1S/C9H10ClFN2/c10-8-5-13-9(11)3-7(8)6-1-2-12-4-6/h3,5-6,12H,1-2,4H2. The van der Waals surface area contributed by atoms with Gasteiger partial charge in [-0.15, -0.1) is 0 Å². The topological polar surface area (TPSA) is 24.9 Å². The van der Waals surface area contributed by atoms with Gasteiger partial charge in [0.1, 0.15) is 0 Å². The van der Waals surface area contributed by atoms with E-state index in [2.05, 4.69) is 10.3 Å². The van der Waals surface area contributed by atoms with Gasteiger partial charge in [-0.3, -0.25) is 0 Å². The molecule has 0 aliphatic carbocycles. The molecule has 2 rings (SSSR count). The average molecular weight is 201 g/mol. The number of hydrogen-bond donors (Lipinski definition) is 1. The predicted octanol–water partition coefficient (Wildman–Crippen LogP) is 1.95. The van der Waals surface area contributed by atoms with E-state index in [-0.39, 0.29) is 0 Å². The molecular weight excluding hydrogens is 191 g/mol. The van der Waals surface area contributed by atoms with Crippen LogP contribution in [-0.2, 0) is 0 Å². The number of hydrogen-bond acceptors (Lipinski definition) is 2. The van der Waals surface area contributed by atoms with Gasteiger partial charge in [0.2, 0.25) is 5.95 Å². The van der Waals surface area contributed by atoms with Crippen LogP contribution in [0.5, 0.6) is 0 Å². The molecule has 1 unspecified atom stereocenters. The van der Waals surface area contributed by atoms with Crippen LogP contribution < -0.4 is 5.32 Å². The van der Waals surface area contributed by atoms with E-state index in [1.165, 1.54) is 12.3 Å². The van der Waals surface area contributed by atoms with Gasteiger partial charge in [-0.2, -0.15) is 4.39 Å². The van der Waals surface area contributed by atoms with E-state index in [0.717, 1.165) is 25.1 Å². The molecule has 1 aromatic heterocycles. The van der Waals surface area contributed by atoms with E-state index in [1.807, 2.05) is 0 Å². The van der Waals surface area contributed by atoms with Crippen LogP contribution in [0.15, 0.2) is 12.3 Å². The quantitative estimate of drug-likeness (QED) is 0.701.